The van der Waals surface area contributed by atoms with Crippen molar-refractivity contribution in [3.05, 3.63) is 63.6 Å². The summed E-state index contributed by atoms with van der Waals surface area (Å²) in [6.07, 6.45) is 2.70. The van der Waals surface area contributed by atoms with Crippen molar-refractivity contribution in [2.24, 2.45) is 0 Å². The minimum absolute atomic E-state index is 0.0155. The standard InChI is InChI=1S/C27H37Cl2N3O4S/c1-6-19(3)30-27(34)24(7-2)31(18-21-13-15-22(28)16-14-21)26(33)12-9-17-32(37(5,35)36)25-11-8-10-23(29)20(25)4/h8,10-11,13-16,19,24H,6-7,9,12,17-18H2,1-5H3,(H,30,34). The predicted molar refractivity (Wildman–Crippen MR) is 152 cm³/mol. The number of amides is 2. The molecule has 0 aliphatic heterocycles. The molecule has 2 rings (SSSR count). The number of halogens is 2. The number of carbonyl (C=O) groups excluding carboxylic acids is 2. The van der Waals surface area contributed by atoms with Crippen molar-refractivity contribution in [1.82, 2.24) is 10.2 Å². The van der Waals surface area contributed by atoms with Gasteiger partial charge in [-0.05, 0) is 68.5 Å². The lowest BCUT2D eigenvalue weighted by atomic mass is 10.1. The Bertz CT molecular complexity index is 1170. The third-order valence-corrected chi connectivity index (χ3v) is 8.15. The monoisotopic (exact) mass is 569 g/mol. The van der Waals surface area contributed by atoms with Gasteiger partial charge in [0.05, 0.1) is 11.9 Å². The van der Waals surface area contributed by atoms with Crippen LogP contribution in [-0.2, 0) is 26.2 Å². The third kappa shape index (κ3) is 8.90. The van der Waals surface area contributed by atoms with E-state index in [1.54, 1.807) is 42.2 Å². The van der Waals surface area contributed by atoms with Crippen LogP contribution in [0.5, 0.6) is 0 Å². The number of nitrogens with one attached hydrogen (secondary N) is 1. The van der Waals surface area contributed by atoms with E-state index in [0.29, 0.717) is 27.7 Å². The molecule has 1 N–H and O–H groups in total. The Morgan fingerprint density at radius 3 is 2.24 bits per heavy atom. The van der Waals surface area contributed by atoms with E-state index in [2.05, 4.69) is 5.32 Å². The topological polar surface area (TPSA) is 86.8 Å². The van der Waals surface area contributed by atoms with Gasteiger partial charge >= 0.3 is 0 Å². The second-order valence-electron chi connectivity index (χ2n) is 9.21. The number of benzene rings is 2. The van der Waals surface area contributed by atoms with Crippen LogP contribution in [0.15, 0.2) is 42.5 Å². The molecule has 0 aliphatic carbocycles. The van der Waals surface area contributed by atoms with Gasteiger partial charge in [-0.3, -0.25) is 13.9 Å². The summed E-state index contributed by atoms with van der Waals surface area (Å²) in [5, 5.41) is 4.03. The van der Waals surface area contributed by atoms with Gasteiger partial charge in [-0.1, -0.05) is 55.2 Å². The first-order valence-electron chi connectivity index (χ1n) is 12.5. The smallest absolute Gasteiger partial charge is 0.243 e. The van der Waals surface area contributed by atoms with Crippen LogP contribution in [0, 0.1) is 6.92 Å². The van der Waals surface area contributed by atoms with Crippen molar-refractivity contribution in [2.75, 3.05) is 17.1 Å². The zero-order valence-electron chi connectivity index (χ0n) is 22.1. The Morgan fingerprint density at radius 1 is 1.03 bits per heavy atom. The molecule has 2 aromatic carbocycles. The molecule has 37 heavy (non-hydrogen) atoms. The van der Waals surface area contributed by atoms with Gasteiger partial charge in [-0.15, -0.1) is 0 Å². The molecule has 0 bridgehead atoms. The summed E-state index contributed by atoms with van der Waals surface area (Å²) in [5.41, 5.74) is 1.98. The van der Waals surface area contributed by atoms with E-state index in [0.717, 1.165) is 18.2 Å². The van der Waals surface area contributed by atoms with Gasteiger partial charge < -0.3 is 10.2 Å². The minimum Gasteiger partial charge on any atom is -0.352 e. The van der Waals surface area contributed by atoms with Crippen LogP contribution in [-0.4, -0.2) is 50.0 Å². The number of carbonyl (C=O) groups is 2. The van der Waals surface area contributed by atoms with Crippen molar-refractivity contribution in [2.45, 2.75) is 72.0 Å². The average molecular weight is 571 g/mol. The fourth-order valence-corrected chi connectivity index (χ4v) is 5.31. The van der Waals surface area contributed by atoms with Gasteiger partial charge in [0.15, 0.2) is 0 Å². The Labute approximate surface area is 231 Å². The lowest BCUT2D eigenvalue weighted by Gasteiger charge is -2.32. The summed E-state index contributed by atoms with van der Waals surface area (Å²) >= 11 is 12.2. The van der Waals surface area contributed by atoms with E-state index in [1.165, 1.54) is 4.31 Å². The average Bonchev–Trinajstić information content (AvgIpc) is 2.84. The highest BCUT2D eigenvalue weighted by atomic mass is 35.5. The molecule has 0 saturated heterocycles. The van der Waals surface area contributed by atoms with Crippen LogP contribution in [0.2, 0.25) is 10.0 Å². The quantitative estimate of drug-likeness (QED) is 0.341. The first-order valence-corrected chi connectivity index (χ1v) is 15.1. The van der Waals surface area contributed by atoms with Crippen molar-refractivity contribution in [3.63, 3.8) is 0 Å². The molecular formula is C27H37Cl2N3O4S. The van der Waals surface area contributed by atoms with Crippen LogP contribution in [0.4, 0.5) is 5.69 Å². The molecule has 0 fully saturated rings. The van der Waals surface area contributed by atoms with Crippen molar-refractivity contribution in [1.29, 1.82) is 0 Å². The second kappa shape index (κ2) is 14.0. The summed E-state index contributed by atoms with van der Waals surface area (Å²) < 4.78 is 26.4. The SMILES string of the molecule is CCC(C)NC(=O)C(CC)N(Cc1ccc(Cl)cc1)C(=O)CCCN(c1cccc(Cl)c1C)S(C)(=O)=O. The normalized spacial score (nSPS) is 13.1. The lowest BCUT2D eigenvalue weighted by Crippen LogP contribution is -2.50. The van der Waals surface area contributed by atoms with Gasteiger partial charge in [0.2, 0.25) is 21.8 Å². The Hall–Kier alpha value is -2.29. The van der Waals surface area contributed by atoms with Crippen LogP contribution < -0.4 is 9.62 Å². The number of nitrogens with zero attached hydrogens (tertiary/aromatic N) is 2. The van der Waals surface area contributed by atoms with E-state index >= 15 is 0 Å². The van der Waals surface area contributed by atoms with Crippen LogP contribution in [0.3, 0.4) is 0 Å². The molecule has 0 saturated carbocycles. The van der Waals surface area contributed by atoms with Crippen molar-refractivity contribution < 1.29 is 18.0 Å². The number of rotatable bonds is 13. The lowest BCUT2D eigenvalue weighted by molar-refractivity contribution is -0.141. The Morgan fingerprint density at radius 2 is 1.68 bits per heavy atom. The fourth-order valence-electron chi connectivity index (χ4n) is 4.00. The molecule has 7 nitrogen and oxygen atoms in total. The molecule has 2 atom stereocenters. The number of hydrogen-bond acceptors (Lipinski definition) is 4. The van der Waals surface area contributed by atoms with E-state index in [-0.39, 0.29) is 43.8 Å². The molecule has 2 aromatic rings. The maximum absolute atomic E-state index is 13.5. The van der Waals surface area contributed by atoms with E-state index in [4.69, 9.17) is 23.2 Å². The maximum atomic E-state index is 13.5. The molecule has 0 radical (unpaired) electrons. The molecule has 2 amide bonds. The van der Waals surface area contributed by atoms with Gasteiger partial charge in [0, 0.05) is 35.6 Å². The Balaban J connectivity index is 2.25. The van der Waals surface area contributed by atoms with E-state index in [1.807, 2.05) is 32.9 Å². The molecule has 0 heterocycles. The third-order valence-electron chi connectivity index (χ3n) is 6.31. The van der Waals surface area contributed by atoms with Gasteiger partial charge in [0.25, 0.3) is 0 Å². The molecule has 0 spiro atoms. The molecule has 2 unspecified atom stereocenters. The first-order chi connectivity index (χ1) is 17.4. The van der Waals surface area contributed by atoms with Crippen LogP contribution >= 0.6 is 23.2 Å². The highest BCUT2D eigenvalue weighted by Gasteiger charge is 2.29. The molecule has 0 aliphatic rings. The maximum Gasteiger partial charge on any atom is 0.243 e. The van der Waals surface area contributed by atoms with E-state index in [9.17, 15) is 18.0 Å². The molecule has 204 valence electrons. The summed E-state index contributed by atoms with van der Waals surface area (Å²) in [6.45, 7) is 7.89. The number of anilines is 1. The highest BCUT2D eigenvalue weighted by Crippen LogP contribution is 2.28. The zero-order chi connectivity index (χ0) is 27.8. The van der Waals surface area contributed by atoms with Crippen LogP contribution in [0.25, 0.3) is 0 Å². The molecular weight excluding hydrogens is 533 g/mol. The van der Waals surface area contributed by atoms with E-state index < -0.39 is 16.1 Å². The molecule has 10 heteroatoms. The summed E-state index contributed by atoms with van der Waals surface area (Å²) in [4.78, 5) is 28.1. The summed E-state index contributed by atoms with van der Waals surface area (Å²) in [5.74, 6) is -0.427. The number of sulfonamides is 1. The van der Waals surface area contributed by atoms with Gasteiger partial charge in [0.1, 0.15) is 6.04 Å². The Kier molecular flexibility index (Phi) is 11.7. The van der Waals surface area contributed by atoms with Crippen molar-refractivity contribution in [3.8, 4) is 0 Å². The summed E-state index contributed by atoms with van der Waals surface area (Å²) in [6, 6.07) is 11.6. The fraction of sp³-hybridized carbons (Fsp3) is 0.481. The molecule has 0 aromatic heterocycles. The van der Waals surface area contributed by atoms with Crippen molar-refractivity contribution >= 4 is 50.7 Å². The first kappa shape index (κ1) is 30.9. The van der Waals surface area contributed by atoms with Gasteiger partial charge in [-0.2, -0.15) is 0 Å². The number of hydrogen-bond donors (Lipinski definition) is 1. The zero-order valence-corrected chi connectivity index (χ0v) is 24.5. The van der Waals surface area contributed by atoms with Gasteiger partial charge in [-0.25, -0.2) is 8.42 Å². The van der Waals surface area contributed by atoms with Crippen LogP contribution in [0.1, 0.15) is 57.6 Å². The second-order valence-corrected chi connectivity index (χ2v) is 12.0. The predicted octanol–water partition coefficient (Wildman–Crippen LogP) is 5.57. The largest absolute Gasteiger partial charge is 0.352 e. The summed E-state index contributed by atoms with van der Waals surface area (Å²) in [7, 11) is -3.61. The highest BCUT2D eigenvalue weighted by molar-refractivity contribution is 7.92. The minimum atomic E-state index is -3.61.